The normalized spacial score (nSPS) is 17.6. The summed E-state index contributed by atoms with van der Waals surface area (Å²) in [7, 11) is 1.48. The van der Waals surface area contributed by atoms with Crippen LogP contribution in [0, 0.1) is 11.6 Å². The Morgan fingerprint density at radius 3 is 2.70 bits per heavy atom. The van der Waals surface area contributed by atoms with Crippen LogP contribution in [0.3, 0.4) is 0 Å². The number of ether oxygens (including phenoxy) is 3. The molecule has 0 spiro atoms. The van der Waals surface area contributed by atoms with Crippen LogP contribution in [0.1, 0.15) is 23.7 Å². The second-order valence-electron chi connectivity index (χ2n) is 7.22. The number of aliphatic hydroxyl groups is 1. The van der Waals surface area contributed by atoms with E-state index in [0.29, 0.717) is 43.1 Å². The van der Waals surface area contributed by atoms with Crippen LogP contribution >= 0.6 is 0 Å². The number of hydrogen-bond acceptors (Lipinski definition) is 6. The lowest BCUT2D eigenvalue weighted by Crippen LogP contribution is -2.35. The van der Waals surface area contributed by atoms with Crippen molar-refractivity contribution in [2.75, 3.05) is 33.4 Å². The number of aliphatic hydroxyl groups excluding tert-OH is 1. The average molecular weight is 421 g/mol. The van der Waals surface area contributed by atoms with E-state index in [4.69, 9.17) is 14.2 Å². The molecule has 0 radical (unpaired) electrons. The summed E-state index contributed by atoms with van der Waals surface area (Å²) in [5, 5.41) is 10.4. The van der Waals surface area contributed by atoms with Crippen LogP contribution in [0.5, 0.6) is 17.2 Å². The monoisotopic (exact) mass is 421 g/mol. The lowest BCUT2D eigenvalue weighted by molar-refractivity contribution is 0.0709. The molecule has 162 valence electrons. The molecule has 0 aromatic heterocycles. The van der Waals surface area contributed by atoms with Crippen molar-refractivity contribution in [3.63, 3.8) is 0 Å². The van der Waals surface area contributed by atoms with E-state index in [2.05, 4.69) is 0 Å². The molecule has 6 nitrogen and oxygen atoms in total. The fourth-order valence-corrected chi connectivity index (χ4v) is 3.49. The number of carbonyl (C=O) groups excluding carboxylic acids is 1. The smallest absolute Gasteiger partial charge is 0.167 e. The first-order chi connectivity index (χ1) is 14.4. The third-order valence-corrected chi connectivity index (χ3v) is 4.88. The van der Waals surface area contributed by atoms with Crippen molar-refractivity contribution in [3.8, 4) is 17.2 Å². The van der Waals surface area contributed by atoms with Gasteiger partial charge < -0.3 is 19.3 Å². The molecule has 0 bridgehead atoms. The molecule has 3 rings (SSSR count). The fraction of sp³-hybridized carbons (Fsp3) is 0.409. The Balaban J connectivity index is 1.50. The summed E-state index contributed by atoms with van der Waals surface area (Å²) < 4.78 is 42.9. The van der Waals surface area contributed by atoms with E-state index in [1.807, 2.05) is 4.90 Å². The zero-order valence-corrected chi connectivity index (χ0v) is 16.9. The minimum Gasteiger partial charge on any atom is -0.496 e. The van der Waals surface area contributed by atoms with E-state index < -0.39 is 17.7 Å². The van der Waals surface area contributed by atoms with Gasteiger partial charge in [-0.05, 0) is 37.6 Å². The molecule has 2 aromatic rings. The number of carbonyl (C=O) groups is 1. The molecule has 2 aromatic carbocycles. The molecule has 1 aliphatic rings. The lowest BCUT2D eigenvalue weighted by Gasteiger charge is -2.21. The zero-order chi connectivity index (χ0) is 21.7. The SMILES string of the molecule is COc1cccc(OCC(O)CN2CCC(Oc3ccc(F)c(F)c3)C2)c1C(C)=O. The first-order valence-corrected chi connectivity index (χ1v) is 9.70. The Morgan fingerprint density at radius 2 is 2.00 bits per heavy atom. The number of hydrogen-bond donors (Lipinski definition) is 1. The minimum atomic E-state index is -0.947. The van der Waals surface area contributed by atoms with Gasteiger partial charge in [-0.3, -0.25) is 9.69 Å². The maximum absolute atomic E-state index is 13.3. The third-order valence-electron chi connectivity index (χ3n) is 4.88. The quantitative estimate of drug-likeness (QED) is 0.628. The Kier molecular flexibility index (Phi) is 7.23. The van der Waals surface area contributed by atoms with Gasteiger partial charge in [0.1, 0.15) is 41.6 Å². The van der Waals surface area contributed by atoms with Gasteiger partial charge in [0.25, 0.3) is 0 Å². The highest BCUT2D eigenvalue weighted by atomic mass is 19.2. The van der Waals surface area contributed by atoms with Crippen molar-refractivity contribution in [3.05, 3.63) is 53.6 Å². The summed E-state index contributed by atoms with van der Waals surface area (Å²) in [6.07, 6.45) is -0.250. The summed E-state index contributed by atoms with van der Waals surface area (Å²) in [5.74, 6) is -0.985. The first-order valence-electron chi connectivity index (χ1n) is 9.70. The molecule has 8 heteroatoms. The summed E-state index contributed by atoms with van der Waals surface area (Å²) in [4.78, 5) is 13.9. The number of nitrogens with zero attached hydrogens (tertiary/aromatic N) is 1. The standard InChI is InChI=1S/C22H25F2NO5/c1-14(26)22-20(28-2)4-3-5-21(22)29-13-15(27)11-25-9-8-17(12-25)30-16-6-7-18(23)19(24)10-16/h3-7,10,15,17,27H,8-9,11-13H2,1-2H3. The topological polar surface area (TPSA) is 68.2 Å². The van der Waals surface area contributed by atoms with E-state index in [0.717, 1.165) is 12.1 Å². The second kappa shape index (κ2) is 9.86. The van der Waals surface area contributed by atoms with E-state index >= 15 is 0 Å². The second-order valence-corrected chi connectivity index (χ2v) is 7.22. The van der Waals surface area contributed by atoms with Gasteiger partial charge in [0.15, 0.2) is 17.4 Å². The highest BCUT2D eigenvalue weighted by molar-refractivity contribution is 5.99. The Bertz CT molecular complexity index is 892. The summed E-state index contributed by atoms with van der Waals surface area (Å²) in [5.41, 5.74) is 0.341. The summed E-state index contributed by atoms with van der Waals surface area (Å²) in [6.45, 7) is 3.05. The van der Waals surface area contributed by atoms with Gasteiger partial charge in [-0.15, -0.1) is 0 Å². The van der Waals surface area contributed by atoms with E-state index in [9.17, 15) is 18.7 Å². The van der Waals surface area contributed by atoms with Crippen LogP contribution < -0.4 is 14.2 Å². The van der Waals surface area contributed by atoms with Crippen LogP contribution in [0.2, 0.25) is 0 Å². The molecule has 0 aliphatic carbocycles. The van der Waals surface area contributed by atoms with E-state index in [1.165, 1.54) is 20.1 Å². The number of Topliss-reactive ketones (excluding diaryl/α,β-unsaturated/α-hetero) is 1. The molecule has 1 aliphatic heterocycles. The highest BCUT2D eigenvalue weighted by Crippen LogP contribution is 2.29. The van der Waals surface area contributed by atoms with E-state index in [-0.39, 0.29) is 24.2 Å². The van der Waals surface area contributed by atoms with Crippen LogP contribution in [0.25, 0.3) is 0 Å². The number of benzene rings is 2. The number of β-amino-alcohol motifs (C(OH)–C–C–N with tert-alkyl or cyclic N) is 1. The number of rotatable bonds is 9. The molecule has 1 heterocycles. The van der Waals surface area contributed by atoms with Gasteiger partial charge in [-0.2, -0.15) is 0 Å². The maximum atomic E-state index is 13.3. The average Bonchev–Trinajstić information content (AvgIpc) is 3.15. The number of methoxy groups -OCH3 is 1. The van der Waals surface area contributed by atoms with Crippen molar-refractivity contribution >= 4 is 5.78 Å². The number of ketones is 1. The van der Waals surface area contributed by atoms with Crippen LogP contribution in [-0.4, -0.2) is 61.3 Å². The van der Waals surface area contributed by atoms with Crippen molar-refractivity contribution in [1.29, 1.82) is 0 Å². The van der Waals surface area contributed by atoms with Gasteiger partial charge in [0.2, 0.25) is 0 Å². The number of likely N-dealkylation sites (tertiary alicyclic amines) is 1. The lowest BCUT2D eigenvalue weighted by atomic mass is 10.1. The van der Waals surface area contributed by atoms with Crippen molar-refractivity contribution in [2.45, 2.75) is 25.6 Å². The van der Waals surface area contributed by atoms with Crippen molar-refractivity contribution < 1.29 is 32.9 Å². The molecule has 1 N–H and O–H groups in total. The zero-order valence-electron chi connectivity index (χ0n) is 16.9. The molecule has 2 atom stereocenters. The van der Waals surface area contributed by atoms with E-state index in [1.54, 1.807) is 18.2 Å². The van der Waals surface area contributed by atoms with Gasteiger partial charge in [0, 0.05) is 25.7 Å². The highest BCUT2D eigenvalue weighted by Gasteiger charge is 2.26. The van der Waals surface area contributed by atoms with Gasteiger partial charge in [-0.25, -0.2) is 8.78 Å². The summed E-state index contributed by atoms with van der Waals surface area (Å²) >= 11 is 0. The predicted octanol–water partition coefficient (Wildman–Crippen LogP) is 3.07. The largest absolute Gasteiger partial charge is 0.496 e. The van der Waals surface area contributed by atoms with Gasteiger partial charge >= 0.3 is 0 Å². The molecule has 1 saturated heterocycles. The molecule has 1 fully saturated rings. The molecular formula is C22H25F2NO5. The fourth-order valence-electron chi connectivity index (χ4n) is 3.49. The predicted molar refractivity (Wildman–Crippen MR) is 106 cm³/mol. The van der Waals surface area contributed by atoms with Crippen molar-refractivity contribution in [1.82, 2.24) is 4.90 Å². The molecule has 0 amide bonds. The van der Waals surface area contributed by atoms with Gasteiger partial charge in [0.05, 0.1) is 7.11 Å². The van der Waals surface area contributed by atoms with Crippen LogP contribution in [-0.2, 0) is 0 Å². The summed E-state index contributed by atoms with van der Waals surface area (Å²) in [6, 6.07) is 8.51. The minimum absolute atomic E-state index is 0.0125. The molecular weight excluding hydrogens is 396 g/mol. The van der Waals surface area contributed by atoms with Crippen LogP contribution in [0.4, 0.5) is 8.78 Å². The molecule has 2 unspecified atom stereocenters. The van der Waals surface area contributed by atoms with Crippen LogP contribution in [0.15, 0.2) is 36.4 Å². The molecule has 30 heavy (non-hydrogen) atoms. The maximum Gasteiger partial charge on any atom is 0.167 e. The van der Waals surface area contributed by atoms with Gasteiger partial charge in [-0.1, -0.05) is 6.07 Å². The Hall–Kier alpha value is -2.71. The Labute approximate surface area is 174 Å². The Morgan fingerprint density at radius 1 is 1.23 bits per heavy atom. The van der Waals surface area contributed by atoms with Crippen molar-refractivity contribution in [2.24, 2.45) is 0 Å². The number of halogens is 2. The first kappa shape index (κ1) is 22.0. The third kappa shape index (κ3) is 5.46. The molecule has 0 saturated carbocycles.